The fourth-order valence-corrected chi connectivity index (χ4v) is 3.04. The molecule has 1 aromatic carbocycles. The van der Waals surface area contributed by atoms with Crippen LogP contribution in [0.1, 0.15) is 0 Å². The van der Waals surface area contributed by atoms with Gasteiger partial charge in [-0.3, -0.25) is 19.5 Å². The summed E-state index contributed by atoms with van der Waals surface area (Å²) in [7, 11) is -2.40. The Bertz CT molecular complexity index is 771. The van der Waals surface area contributed by atoms with Crippen LogP contribution in [0, 0.1) is 10.1 Å². The molecule has 1 heterocycles. The summed E-state index contributed by atoms with van der Waals surface area (Å²) in [6.07, 6.45) is 2.76. The normalized spacial score (nSPS) is 11.3. The zero-order chi connectivity index (χ0) is 14.9. The molecule has 0 saturated carbocycles. The van der Waals surface area contributed by atoms with Gasteiger partial charge in [0.25, 0.3) is 15.7 Å². The molecule has 1 aromatic heterocycles. The fourth-order valence-electron chi connectivity index (χ4n) is 1.50. The molecule has 10 heteroatoms. The Hall–Kier alpha value is -2.13. The molecule has 0 spiro atoms. The number of nitro benzene ring substituents is 1. The second-order valence-corrected chi connectivity index (χ2v) is 5.94. The average molecular weight is 317 g/mol. The maximum absolute atomic E-state index is 12.2. The molecule has 1 N–H and O–H groups in total. The highest BCUT2D eigenvalue weighted by atomic mass is 35.5. The minimum absolute atomic E-state index is 0.105. The molecule has 20 heavy (non-hydrogen) atoms. The fraction of sp³-hybridized carbons (Fsp3) is 0.100. The van der Waals surface area contributed by atoms with Gasteiger partial charge in [-0.05, 0) is 6.07 Å². The van der Waals surface area contributed by atoms with E-state index < -0.39 is 14.9 Å². The molecule has 0 aliphatic carbocycles. The number of hydrogen-bond donors (Lipinski definition) is 1. The summed E-state index contributed by atoms with van der Waals surface area (Å²) in [4.78, 5) is 9.63. The number of nitrogens with one attached hydrogen (secondary N) is 1. The molecule has 0 aliphatic rings. The third kappa shape index (κ3) is 2.89. The first kappa shape index (κ1) is 14.3. The van der Waals surface area contributed by atoms with E-state index in [0.717, 1.165) is 18.2 Å². The molecule has 0 radical (unpaired) electrons. The molecule has 0 aliphatic heterocycles. The minimum atomic E-state index is -4.03. The first-order valence-corrected chi connectivity index (χ1v) is 7.11. The topological polar surface area (TPSA) is 107 Å². The number of hydrogen-bond acceptors (Lipinski definition) is 5. The minimum Gasteiger partial charge on any atom is -0.276 e. The van der Waals surface area contributed by atoms with Gasteiger partial charge in [0, 0.05) is 25.4 Å². The second-order valence-electron chi connectivity index (χ2n) is 3.88. The van der Waals surface area contributed by atoms with Gasteiger partial charge in [0.2, 0.25) is 0 Å². The lowest BCUT2D eigenvalue weighted by atomic mass is 10.3. The summed E-state index contributed by atoms with van der Waals surface area (Å²) in [5, 5.41) is 14.4. The third-order valence-electron chi connectivity index (χ3n) is 2.37. The predicted octanol–water partition coefficient (Wildman–Crippen LogP) is 1.78. The summed E-state index contributed by atoms with van der Waals surface area (Å²) in [5.41, 5.74) is -0.129. The molecule has 0 unspecified atom stereocenters. The van der Waals surface area contributed by atoms with Crippen LogP contribution in [0.3, 0.4) is 0 Å². The lowest BCUT2D eigenvalue weighted by Crippen LogP contribution is -2.13. The number of aryl methyl sites for hydroxylation is 1. The lowest BCUT2D eigenvalue weighted by molar-refractivity contribution is -0.385. The zero-order valence-corrected chi connectivity index (χ0v) is 11.7. The first-order chi connectivity index (χ1) is 9.29. The number of halogens is 1. The van der Waals surface area contributed by atoms with E-state index >= 15 is 0 Å². The van der Waals surface area contributed by atoms with Gasteiger partial charge in [0.05, 0.1) is 21.8 Å². The number of sulfonamides is 1. The van der Waals surface area contributed by atoms with Gasteiger partial charge in [-0.25, -0.2) is 8.42 Å². The SMILES string of the molecule is Cn1cc(NS(=O)(=O)c2cc([N+](=O)[O-])ccc2Cl)cn1. The highest BCUT2D eigenvalue weighted by Crippen LogP contribution is 2.27. The van der Waals surface area contributed by atoms with Gasteiger partial charge in [-0.15, -0.1) is 0 Å². The highest BCUT2D eigenvalue weighted by Gasteiger charge is 2.22. The van der Waals surface area contributed by atoms with Crippen LogP contribution in [0.4, 0.5) is 11.4 Å². The monoisotopic (exact) mass is 316 g/mol. The Labute approximate surface area is 119 Å². The maximum atomic E-state index is 12.2. The number of nitrogens with zero attached hydrogens (tertiary/aromatic N) is 3. The van der Waals surface area contributed by atoms with Crippen molar-refractivity contribution in [2.24, 2.45) is 7.05 Å². The van der Waals surface area contributed by atoms with E-state index in [0.29, 0.717) is 0 Å². The third-order valence-corrected chi connectivity index (χ3v) is 4.24. The van der Waals surface area contributed by atoms with E-state index in [-0.39, 0.29) is 21.3 Å². The van der Waals surface area contributed by atoms with Crippen LogP contribution in [0.5, 0.6) is 0 Å². The quantitative estimate of drug-likeness (QED) is 0.683. The van der Waals surface area contributed by atoms with E-state index in [1.54, 1.807) is 7.05 Å². The van der Waals surface area contributed by atoms with Crippen molar-refractivity contribution in [1.82, 2.24) is 9.78 Å². The molecule has 2 aromatic rings. The van der Waals surface area contributed by atoms with Crippen molar-refractivity contribution in [1.29, 1.82) is 0 Å². The summed E-state index contributed by atoms with van der Waals surface area (Å²) in [6, 6.07) is 3.20. The van der Waals surface area contributed by atoms with Gasteiger partial charge in [-0.2, -0.15) is 5.10 Å². The van der Waals surface area contributed by atoms with Crippen molar-refractivity contribution in [2.45, 2.75) is 4.90 Å². The molecule has 0 amide bonds. The molecule has 8 nitrogen and oxygen atoms in total. The number of anilines is 1. The number of rotatable bonds is 4. The number of nitro groups is 1. The van der Waals surface area contributed by atoms with Crippen LogP contribution < -0.4 is 4.72 Å². The standard InChI is InChI=1S/C10H9ClN4O4S/c1-14-6-7(5-12-14)13-20(18,19)10-4-8(15(16)17)2-3-9(10)11/h2-6,13H,1H3. The van der Waals surface area contributed by atoms with Crippen molar-refractivity contribution in [3.63, 3.8) is 0 Å². The Kier molecular flexibility index (Phi) is 3.64. The van der Waals surface area contributed by atoms with Gasteiger partial charge in [0.15, 0.2) is 0 Å². The van der Waals surface area contributed by atoms with Crippen molar-refractivity contribution in [3.8, 4) is 0 Å². The van der Waals surface area contributed by atoms with Gasteiger partial charge in [0.1, 0.15) is 4.90 Å². The number of non-ortho nitro benzene ring substituents is 1. The number of benzene rings is 1. The number of aromatic nitrogens is 2. The van der Waals surface area contributed by atoms with Crippen molar-refractivity contribution >= 4 is 33.0 Å². The highest BCUT2D eigenvalue weighted by molar-refractivity contribution is 7.92. The van der Waals surface area contributed by atoms with Crippen molar-refractivity contribution in [3.05, 3.63) is 45.7 Å². The van der Waals surface area contributed by atoms with E-state index in [1.165, 1.54) is 17.1 Å². The Balaban J connectivity index is 2.43. The summed E-state index contributed by atoms with van der Waals surface area (Å²) in [5.74, 6) is 0. The van der Waals surface area contributed by atoms with Crippen molar-refractivity contribution < 1.29 is 13.3 Å². The molecule has 0 saturated heterocycles. The second kappa shape index (κ2) is 5.10. The lowest BCUT2D eigenvalue weighted by Gasteiger charge is -2.07. The maximum Gasteiger partial charge on any atom is 0.270 e. The molecule has 0 bridgehead atoms. The van der Waals surface area contributed by atoms with E-state index in [1.807, 2.05) is 0 Å². The Morgan fingerprint density at radius 2 is 2.15 bits per heavy atom. The zero-order valence-electron chi connectivity index (χ0n) is 10.1. The Morgan fingerprint density at radius 1 is 1.45 bits per heavy atom. The first-order valence-electron chi connectivity index (χ1n) is 5.25. The van der Waals surface area contributed by atoms with E-state index in [4.69, 9.17) is 11.6 Å². The van der Waals surface area contributed by atoms with Crippen LogP contribution in [-0.4, -0.2) is 23.1 Å². The van der Waals surface area contributed by atoms with Gasteiger partial charge < -0.3 is 0 Å². The molecular weight excluding hydrogens is 308 g/mol. The van der Waals surface area contributed by atoms with Crippen molar-refractivity contribution in [2.75, 3.05) is 4.72 Å². The van der Waals surface area contributed by atoms with Crippen LogP contribution in [-0.2, 0) is 17.1 Å². The van der Waals surface area contributed by atoms with Crippen LogP contribution >= 0.6 is 11.6 Å². The van der Waals surface area contributed by atoms with Crippen LogP contribution in [0.2, 0.25) is 5.02 Å². The molecule has 2 rings (SSSR count). The predicted molar refractivity (Wildman–Crippen MR) is 72.1 cm³/mol. The summed E-state index contributed by atoms with van der Waals surface area (Å²) in [6.45, 7) is 0. The van der Waals surface area contributed by atoms with E-state index in [2.05, 4.69) is 9.82 Å². The Morgan fingerprint density at radius 3 is 2.70 bits per heavy atom. The molecule has 0 atom stereocenters. The van der Waals surface area contributed by atoms with Gasteiger partial charge in [-0.1, -0.05) is 11.6 Å². The summed E-state index contributed by atoms with van der Waals surface area (Å²) < 4.78 is 28.0. The van der Waals surface area contributed by atoms with Gasteiger partial charge >= 0.3 is 0 Å². The smallest absolute Gasteiger partial charge is 0.270 e. The van der Waals surface area contributed by atoms with Crippen LogP contribution in [0.25, 0.3) is 0 Å². The largest absolute Gasteiger partial charge is 0.276 e. The van der Waals surface area contributed by atoms with Crippen LogP contribution in [0.15, 0.2) is 35.5 Å². The molecule has 0 fully saturated rings. The average Bonchev–Trinajstić information content (AvgIpc) is 2.73. The summed E-state index contributed by atoms with van der Waals surface area (Å²) >= 11 is 5.79. The van der Waals surface area contributed by atoms with E-state index in [9.17, 15) is 18.5 Å². The molecular formula is C10H9ClN4O4S. The molecule has 106 valence electrons.